The molecule has 140 valence electrons. The van der Waals surface area contributed by atoms with Crippen LogP contribution >= 0.6 is 11.8 Å². The molecule has 3 rings (SSSR count). The number of aromatic nitrogens is 3. The normalized spacial score (nSPS) is 15.2. The number of nitrogens with zero attached hydrogens (tertiary/aromatic N) is 3. The highest BCUT2D eigenvalue weighted by atomic mass is 32.2. The lowest BCUT2D eigenvalue weighted by Crippen LogP contribution is -2.42. The summed E-state index contributed by atoms with van der Waals surface area (Å²) in [6.45, 7) is 5.00. The Hall–Kier alpha value is -1.82. The molecule has 1 aliphatic carbocycles. The predicted molar refractivity (Wildman–Crippen MR) is 106 cm³/mol. The van der Waals surface area contributed by atoms with Gasteiger partial charge in [0.05, 0.1) is 5.75 Å². The van der Waals surface area contributed by atoms with Crippen LogP contribution in [0.3, 0.4) is 0 Å². The fourth-order valence-corrected chi connectivity index (χ4v) is 4.26. The van der Waals surface area contributed by atoms with Crippen LogP contribution in [0.1, 0.15) is 51.5 Å². The van der Waals surface area contributed by atoms with E-state index in [4.69, 9.17) is 0 Å². The lowest BCUT2D eigenvalue weighted by Gasteiger charge is -2.33. The second-order valence-corrected chi connectivity index (χ2v) is 7.72. The Morgan fingerprint density at radius 1 is 1.19 bits per heavy atom. The van der Waals surface area contributed by atoms with E-state index in [9.17, 15) is 4.79 Å². The Bertz CT molecular complexity index is 707. The van der Waals surface area contributed by atoms with E-state index in [1.54, 1.807) is 0 Å². The van der Waals surface area contributed by atoms with Crippen LogP contribution in [-0.2, 0) is 11.2 Å². The van der Waals surface area contributed by atoms with Crippen LogP contribution in [-0.4, -0.2) is 44.3 Å². The minimum absolute atomic E-state index is 0.197. The Morgan fingerprint density at radius 2 is 1.92 bits per heavy atom. The molecule has 0 atom stereocenters. The van der Waals surface area contributed by atoms with Crippen molar-refractivity contribution in [3.05, 3.63) is 29.8 Å². The molecule has 1 N–H and O–H groups in total. The maximum Gasteiger partial charge on any atom is 0.233 e. The largest absolute Gasteiger partial charge is 0.339 e. The van der Waals surface area contributed by atoms with Crippen molar-refractivity contribution in [1.82, 2.24) is 20.1 Å². The van der Waals surface area contributed by atoms with E-state index < -0.39 is 0 Å². The van der Waals surface area contributed by atoms with Gasteiger partial charge in [-0.15, -0.1) is 5.10 Å². The van der Waals surface area contributed by atoms with Gasteiger partial charge in [-0.1, -0.05) is 62.2 Å². The van der Waals surface area contributed by atoms with Gasteiger partial charge in [0.1, 0.15) is 0 Å². The Morgan fingerprint density at radius 3 is 2.58 bits per heavy atom. The highest BCUT2D eigenvalue weighted by Crippen LogP contribution is 2.24. The predicted octanol–water partition coefficient (Wildman–Crippen LogP) is 4.31. The molecule has 6 heteroatoms. The number of nitrogens with one attached hydrogen (secondary N) is 1. The minimum Gasteiger partial charge on any atom is -0.339 e. The van der Waals surface area contributed by atoms with Gasteiger partial charge in [-0.05, 0) is 31.7 Å². The fraction of sp³-hybridized carbons (Fsp3) is 0.550. The zero-order valence-corrected chi connectivity index (χ0v) is 16.5. The van der Waals surface area contributed by atoms with Gasteiger partial charge < -0.3 is 4.90 Å². The SMILES string of the molecule is CCc1ccc(-c2nc(SCC(=O)N(CC)C3CCCCC3)n[nH]2)cc1. The third-order valence-corrected chi connectivity index (χ3v) is 5.93. The molecule has 5 nitrogen and oxygen atoms in total. The number of carbonyl (C=O) groups excluding carboxylic acids is 1. The molecule has 1 heterocycles. The van der Waals surface area contributed by atoms with E-state index in [2.05, 4.69) is 53.3 Å². The molecule has 1 aromatic heterocycles. The van der Waals surface area contributed by atoms with Crippen molar-refractivity contribution in [2.45, 2.75) is 63.6 Å². The van der Waals surface area contributed by atoms with E-state index in [-0.39, 0.29) is 5.91 Å². The molecule has 0 aliphatic heterocycles. The van der Waals surface area contributed by atoms with Crippen LogP contribution in [0.5, 0.6) is 0 Å². The summed E-state index contributed by atoms with van der Waals surface area (Å²) in [4.78, 5) is 19.2. The molecule has 0 bridgehead atoms. The molecule has 0 saturated heterocycles. The maximum atomic E-state index is 12.6. The average Bonchev–Trinajstić information content (AvgIpc) is 3.17. The first-order valence-electron chi connectivity index (χ1n) is 9.65. The van der Waals surface area contributed by atoms with Crippen LogP contribution < -0.4 is 0 Å². The van der Waals surface area contributed by atoms with Crippen molar-refractivity contribution in [2.24, 2.45) is 0 Å². The summed E-state index contributed by atoms with van der Waals surface area (Å²) in [6.07, 6.45) is 7.09. The molecule has 0 unspecified atom stereocenters. The molecule has 1 saturated carbocycles. The van der Waals surface area contributed by atoms with Gasteiger partial charge in [0.25, 0.3) is 0 Å². The summed E-state index contributed by atoms with van der Waals surface area (Å²) in [5.41, 5.74) is 2.32. The first-order valence-corrected chi connectivity index (χ1v) is 10.6. The molecule has 1 aliphatic rings. The summed E-state index contributed by atoms with van der Waals surface area (Å²) >= 11 is 1.41. The van der Waals surface area contributed by atoms with Crippen LogP contribution in [0, 0.1) is 0 Å². The number of aromatic amines is 1. The van der Waals surface area contributed by atoms with Gasteiger partial charge in [0, 0.05) is 18.2 Å². The van der Waals surface area contributed by atoms with Crippen molar-refractivity contribution >= 4 is 17.7 Å². The molecule has 0 spiro atoms. The van der Waals surface area contributed by atoms with E-state index in [0.29, 0.717) is 17.0 Å². The second-order valence-electron chi connectivity index (χ2n) is 6.78. The molecule has 1 fully saturated rings. The van der Waals surface area contributed by atoms with Crippen molar-refractivity contribution < 1.29 is 4.79 Å². The van der Waals surface area contributed by atoms with Gasteiger partial charge in [-0.3, -0.25) is 9.89 Å². The molecule has 26 heavy (non-hydrogen) atoms. The van der Waals surface area contributed by atoms with E-state index in [1.165, 1.54) is 36.6 Å². The number of thioether (sulfide) groups is 1. The second kappa shape index (κ2) is 9.21. The highest BCUT2D eigenvalue weighted by Gasteiger charge is 2.24. The van der Waals surface area contributed by atoms with Gasteiger partial charge >= 0.3 is 0 Å². The third kappa shape index (κ3) is 4.67. The first kappa shape index (κ1) is 19.0. The molecular weight excluding hydrogens is 344 g/mol. The summed E-state index contributed by atoms with van der Waals surface area (Å²) in [6, 6.07) is 8.75. The highest BCUT2D eigenvalue weighted by molar-refractivity contribution is 7.99. The van der Waals surface area contributed by atoms with Crippen molar-refractivity contribution in [2.75, 3.05) is 12.3 Å². The number of benzene rings is 1. The van der Waals surface area contributed by atoms with Crippen LogP contribution in [0.25, 0.3) is 11.4 Å². The zero-order chi connectivity index (χ0) is 18.4. The smallest absolute Gasteiger partial charge is 0.233 e. The molecule has 1 aromatic carbocycles. The van der Waals surface area contributed by atoms with E-state index in [1.807, 2.05) is 4.90 Å². The number of hydrogen-bond donors (Lipinski definition) is 1. The monoisotopic (exact) mass is 372 g/mol. The van der Waals surface area contributed by atoms with Gasteiger partial charge in [-0.2, -0.15) is 0 Å². The quantitative estimate of drug-likeness (QED) is 0.736. The summed E-state index contributed by atoms with van der Waals surface area (Å²) in [5, 5.41) is 7.88. The fourth-order valence-electron chi connectivity index (χ4n) is 3.58. The van der Waals surface area contributed by atoms with Crippen LogP contribution in [0.15, 0.2) is 29.4 Å². The van der Waals surface area contributed by atoms with E-state index >= 15 is 0 Å². The summed E-state index contributed by atoms with van der Waals surface area (Å²) < 4.78 is 0. The third-order valence-electron chi connectivity index (χ3n) is 5.10. The Balaban J connectivity index is 1.57. The minimum atomic E-state index is 0.197. The number of hydrogen-bond acceptors (Lipinski definition) is 4. The maximum absolute atomic E-state index is 12.6. The van der Waals surface area contributed by atoms with Gasteiger partial charge in [0.15, 0.2) is 5.82 Å². The Labute approximate surface area is 160 Å². The number of H-pyrrole nitrogens is 1. The van der Waals surface area contributed by atoms with Gasteiger partial charge in [-0.25, -0.2) is 4.98 Å². The molecule has 0 radical (unpaired) electrons. The molecule has 2 aromatic rings. The molecular formula is C20H28N4OS. The lowest BCUT2D eigenvalue weighted by molar-refractivity contribution is -0.131. The van der Waals surface area contributed by atoms with Crippen molar-refractivity contribution in [1.29, 1.82) is 0 Å². The summed E-state index contributed by atoms with van der Waals surface area (Å²) in [7, 11) is 0. The standard InChI is InChI=1S/C20H28N4OS/c1-3-15-10-12-16(13-11-15)19-21-20(23-22-19)26-14-18(25)24(4-2)17-8-6-5-7-9-17/h10-13,17H,3-9,14H2,1-2H3,(H,21,22,23). The van der Waals surface area contributed by atoms with Crippen LogP contribution in [0.4, 0.5) is 0 Å². The van der Waals surface area contributed by atoms with Crippen LogP contribution in [0.2, 0.25) is 0 Å². The average molecular weight is 373 g/mol. The number of aryl methyl sites for hydroxylation is 1. The first-order chi connectivity index (χ1) is 12.7. The van der Waals surface area contributed by atoms with Gasteiger partial charge in [0.2, 0.25) is 11.1 Å². The van der Waals surface area contributed by atoms with Crippen molar-refractivity contribution in [3.8, 4) is 11.4 Å². The molecule has 1 amide bonds. The Kier molecular flexibility index (Phi) is 6.72. The summed E-state index contributed by atoms with van der Waals surface area (Å²) in [5.74, 6) is 1.35. The number of carbonyl (C=O) groups is 1. The van der Waals surface area contributed by atoms with E-state index in [0.717, 1.165) is 37.2 Å². The topological polar surface area (TPSA) is 61.9 Å². The number of amides is 1. The lowest BCUT2D eigenvalue weighted by atomic mass is 9.94. The van der Waals surface area contributed by atoms with Crippen molar-refractivity contribution in [3.63, 3.8) is 0 Å². The number of rotatable bonds is 7. The zero-order valence-electron chi connectivity index (χ0n) is 15.7.